The number of fused-ring (bicyclic) bond motifs is 1. The van der Waals surface area contributed by atoms with Crippen LogP contribution in [-0.4, -0.2) is 41.0 Å². The molecule has 0 aliphatic carbocycles. The highest BCUT2D eigenvalue weighted by molar-refractivity contribution is 7.22. The molecule has 1 aliphatic rings. The molecular formula is C19H22N4S. The molecule has 0 saturated carbocycles. The van der Waals surface area contributed by atoms with E-state index in [-0.39, 0.29) is 0 Å². The number of piperazine rings is 1. The van der Waals surface area contributed by atoms with Crippen LogP contribution in [0.25, 0.3) is 20.7 Å². The van der Waals surface area contributed by atoms with Crippen LogP contribution in [0.2, 0.25) is 0 Å². The molecule has 1 atom stereocenters. The van der Waals surface area contributed by atoms with E-state index in [9.17, 15) is 0 Å². The first-order chi connectivity index (χ1) is 11.8. The monoisotopic (exact) mass is 338 g/mol. The van der Waals surface area contributed by atoms with Crippen molar-refractivity contribution in [1.29, 1.82) is 0 Å². The predicted molar refractivity (Wildman–Crippen MR) is 100 cm³/mol. The Morgan fingerprint density at radius 1 is 1.21 bits per heavy atom. The van der Waals surface area contributed by atoms with Gasteiger partial charge in [0.1, 0.15) is 5.82 Å². The summed E-state index contributed by atoms with van der Waals surface area (Å²) in [5.41, 5.74) is 1.04. The van der Waals surface area contributed by atoms with Gasteiger partial charge in [-0.2, -0.15) is 0 Å². The first-order valence-electron chi connectivity index (χ1n) is 8.62. The smallest absolute Gasteiger partial charge is 0.146 e. The minimum atomic E-state index is 0.307. The average Bonchev–Trinajstić information content (AvgIpc) is 3.08. The molecule has 1 aliphatic heterocycles. The summed E-state index contributed by atoms with van der Waals surface area (Å²) in [6.07, 6.45) is 2.95. The number of thiophene rings is 1. The number of aromatic nitrogens is 2. The van der Waals surface area contributed by atoms with Crippen LogP contribution in [-0.2, 0) is 0 Å². The Bertz CT molecular complexity index is 790. The number of rotatable bonds is 4. The second kappa shape index (κ2) is 6.97. The van der Waals surface area contributed by atoms with Gasteiger partial charge in [0.2, 0.25) is 0 Å². The van der Waals surface area contributed by atoms with Crippen molar-refractivity contribution >= 4 is 21.4 Å². The summed E-state index contributed by atoms with van der Waals surface area (Å²) in [6.45, 7) is 6.45. The molecule has 0 bridgehead atoms. The zero-order valence-electron chi connectivity index (χ0n) is 13.9. The van der Waals surface area contributed by atoms with E-state index in [4.69, 9.17) is 4.98 Å². The third kappa shape index (κ3) is 3.07. The molecule has 5 heteroatoms. The molecule has 0 spiro atoms. The zero-order chi connectivity index (χ0) is 16.4. The lowest BCUT2D eigenvalue weighted by Crippen LogP contribution is -2.45. The van der Waals surface area contributed by atoms with Crippen molar-refractivity contribution in [2.75, 3.05) is 26.2 Å². The summed E-state index contributed by atoms with van der Waals surface area (Å²) in [7, 11) is 0. The van der Waals surface area contributed by atoms with Crippen LogP contribution in [0.15, 0.2) is 42.6 Å². The van der Waals surface area contributed by atoms with Gasteiger partial charge in [-0.25, -0.2) is 9.97 Å². The maximum atomic E-state index is 4.92. The third-order valence-electron chi connectivity index (χ3n) is 4.63. The molecule has 1 saturated heterocycles. The fourth-order valence-electron chi connectivity index (χ4n) is 3.38. The summed E-state index contributed by atoms with van der Waals surface area (Å²) in [4.78, 5) is 13.2. The Kier molecular flexibility index (Phi) is 4.56. The molecule has 2 aromatic heterocycles. The first-order valence-corrected chi connectivity index (χ1v) is 9.43. The molecular weight excluding hydrogens is 316 g/mol. The van der Waals surface area contributed by atoms with Gasteiger partial charge in [-0.05, 0) is 30.0 Å². The minimum Gasteiger partial charge on any atom is -0.314 e. The van der Waals surface area contributed by atoms with Crippen molar-refractivity contribution in [3.8, 4) is 10.6 Å². The minimum absolute atomic E-state index is 0.307. The Hall–Kier alpha value is -1.82. The lowest BCUT2D eigenvalue weighted by Gasteiger charge is -2.33. The van der Waals surface area contributed by atoms with E-state index in [0.717, 1.165) is 44.1 Å². The molecule has 3 aromatic rings. The number of nitrogens with zero attached hydrogens (tertiary/aromatic N) is 3. The maximum absolute atomic E-state index is 4.92. The topological polar surface area (TPSA) is 41.1 Å². The fourth-order valence-corrected chi connectivity index (χ4v) is 4.41. The number of hydrogen-bond donors (Lipinski definition) is 1. The molecule has 0 amide bonds. The van der Waals surface area contributed by atoms with Gasteiger partial charge in [-0.15, -0.1) is 11.3 Å². The third-order valence-corrected chi connectivity index (χ3v) is 5.77. The highest BCUT2D eigenvalue weighted by atomic mass is 32.1. The Labute approximate surface area is 146 Å². The largest absolute Gasteiger partial charge is 0.314 e. The molecule has 3 heterocycles. The Balaban J connectivity index is 1.67. The van der Waals surface area contributed by atoms with Crippen LogP contribution in [0.3, 0.4) is 0 Å². The van der Waals surface area contributed by atoms with Gasteiger partial charge >= 0.3 is 0 Å². The van der Waals surface area contributed by atoms with Crippen molar-refractivity contribution < 1.29 is 0 Å². The van der Waals surface area contributed by atoms with E-state index in [2.05, 4.69) is 52.5 Å². The second-order valence-electron chi connectivity index (χ2n) is 6.16. The van der Waals surface area contributed by atoms with Crippen molar-refractivity contribution in [1.82, 2.24) is 20.2 Å². The average molecular weight is 338 g/mol. The molecule has 1 aromatic carbocycles. The van der Waals surface area contributed by atoms with Gasteiger partial charge in [0.05, 0.1) is 16.6 Å². The molecule has 1 N–H and O–H groups in total. The van der Waals surface area contributed by atoms with Crippen molar-refractivity contribution in [3.05, 3.63) is 48.4 Å². The summed E-state index contributed by atoms with van der Waals surface area (Å²) in [5.74, 6) is 0.953. The van der Waals surface area contributed by atoms with Crippen LogP contribution in [0.4, 0.5) is 0 Å². The number of hydrogen-bond acceptors (Lipinski definition) is 5. The number of benzene rings is 1. The van der Waals surface area contributed by atoms with E-state index >= 15 is 0 Å². The van der Waals surface area contributed by atoms with Crippen LogP contribution < -0.4 is 5.32 Å². The Morgan fingerprint density at radius 2 is 2.04 bits per heavy atom. The van der Waals surface area contributed by atoms with E-state index < -0.39 is 0 Å². The van der Waals surface area contributed by atoms with Crippen molar-refractivity contribution in [2.45, 2.75) is 19.4 Å². The molecule has 24 heavy (non-hydrogen) atoms. The standard InChI is InChI=1S/C19H22N4S/c1-2-16(23-11-9-20-10-12-23)19-21-8-7-15(22-19)18-13-14-5-3-4-6-17(14)24-18/h3-8,13,16,20H,2,9-12H2,1H3. The van der Waals surface area contributed by atoms with Gasteiger partial charge in [-0.3, -0.25) is 4.90 Å². The predicted octanol–water partition coefficient (Wildman–Crippen LogP) is 3.71. The van der Waals surface area contributed by atoms with Crippen LogP contribution in [0.1, 0.15) is 25.2 Å². The quantitative estimate of drug-likeness (QED) is 0.787. The summed E-state index contributed by atoms with van der Waals surface area (Å²) < 4.78 is 1.31. The SMILES string of the molecule is CCC(c1nccc(-c2cc3ccccc3s2)n1)N1CCNCC1. The molecule has 124 valence electrons. The lowest BCUT2D eigenvalue weighted by atomic mass is 10.1. The highest BCUT2D eigenvalue weighted by Crippen LogP contribution is 2.33. The van der Waals surface area contributed by atoms with E-state index in [0.29, 0.717) is 6.04 Å². The van der Waals surface area contributed by atoms with E-state index in [1.54, 1.807) is 11.3 Å². The molecule has 1 fully saturated rings. The number of nitrogens with one attached hydrogen (secondary N) is 1. The summed E-state index contributed by atoms with van der Waals surface area (Å²) in [6, 6.07) is 13.1. The van der Waals surface area contributed by atoms with Crippen LogP contribution >= 0.6 is 11.3 Å². The van der Waals surface area contributed by atoms with Gasteiger partial charge in [0.25, 0.3) is 0 Å². The van der Waals surface area contributed by atoms with Crippen LogP contribution in [0.5, 0.6) is 0 Å². The summed E-state index contributed by atoms with van der Waals surface area (Å²) >= 11 is 1.80. The molecule has 4 nitrogen and oxygen atoms in total. The zero-order valence-corrected chi connectivity index (χ0v) is 14.7. The maximum Gasteiger partial charge on any atom is 0.146 e. The molecule has 4 rings (SSSR count). The van der Waals surface area contributed by atoms with E-state index in [1.807, 2.05) is 12.3 Å². The van der Waals surface area contributed by atoms with Crippen LogP contribution in [0, 0.1) is 0 Å². The van der Waals surface area contributed by atoms with Gasteiger partial charge in [-0.1, -0.05) is 25.1 Å². The van der Waals surface area contributed by atoms with Gasteiger partial charge in [0.15, 0.2) is 0 Å². The summed E-state index contributed by atoms with van der Waals surface area (Å²) in [5, 5.41) is 4.70. The van der Waals surface area contributed by atoms with Crippen molar-refractivity contribution in [2.24, 2.45) is 0 Å². The van der Waals surface area contributed by atoms with E-state index in [1.165, 1.54) is 15.0 Å². The normalized spacial score (nSPS) is 17.2. The lowest BCUT2D eigenvalue weighted by molar-refractivity contribution is 0.163. The van der Waals surface area contributed by atoms with Crippen molar-refractivity contribution in [3.63, 3.8) is 0 Å². The fraction of sp³-hybridized carbons (Fsp3) is 0.368. The highest BCUT2D eigenvalue weighted by Gasteiger charge is 2.23. The van der Waals surface area contributed by atoms with Gasteiger partial charge in [0, 0.05) is 37.1 Å². The second-order valence-corrected chi connectivity index (χ2v) is 7.24. The molecule has 0 radical (unpaired) electrons. The Morgan fingerprint density at radius 3 is 2.83 bits per heavy atom. The first kappa shape index (κ1) is 15.7. The van der Waals surface area contributed by atoms with Gasteiger partial charge < -0.3 is 5.32 Å². The molecule has 1 unspecified atom stereocenters.